The van der Waals surface area contributed by atoms with Gasteiger partial charge in [-0.25, -0.2) is 4.79 Å². The summed E-state index contributed by atoms with van der Waals surface area (Å²) in [5.74, 6) is -0.869. The highest BCUT2D eigenvalue weighted by atomic mass is 16.5. The van der Waals surface area contributed by atoms with Crippen molar-refractivity contribution in [2.24, 2.45) is 0 Å². The van der Waals surface area contributed by atoms with E-state index in [0.717, 1.165) is 5.56 Å². The fourth-order valence-electron chi connectivity index (χ4n) is 1.83. The van der Waals surface area contributed by atoms with Crippen LogP contribution in [0.2, 0.25) is 0 Å². The number of nitriles is 1. The van der Waals surface area contributed by atoms with Crippen molar-refractivity contribution in [1.82, 2.24) is 5.32 Å². The number of nitrogens with zero attached hydrogens (tertiary/aromatic N) is 1. The second kappa shape index (κ2) is 10.2. The second-order valence-electron chi connectivity index (χ2n) is 5.41. The number of rotatable bonds is 8. The minimum atomic E-state index is -0.827. The molecular formula is C18H22N2O4. The van der Waals surface area contributed by atoms with Crippen LogP contribution in [-0.4, -0.2) is 38.7 Å². The van der Waals surface area contributed by atoms with E-state index in [-0.39, 0.29) is 5.57 Å². The number of carbonyl (C=O) groups is 2. The molecule has 1 N–H and O–H groups in total. The van der Waals surface area contributed by atoms with Gasteiger partial charge in [0.25, 0.3) is 5.91 Å². The van der Waals surface area contributed by atoms with Gasteiger partial charge in [-0.15, -0.1) is 0 Å². The van der Waals surface area contributed by atoms with Gasteiger partial charge >= 0.3 is 5.97 Å². The Morgan fingerprint density at radius 3 is 2.50 bits per heavy atom. The number of carbonyl (C=O) groups excluding carboxylic acids is 2. The lowest BCUT2D eigenvalue weighted by molar-refractivity contribution is -0.144. The molecule has 0 bridgehead atoms. The van der Waals surface area contributed by atoms with Crippen molar-refractivity contribution in [3.8, 4) is 6.07 Å². The van der Waals surface area contributed by atoms with E-state index in [4.69, 9.17) is 14.7 Å². The van der Waals surface area contributed by atoms with Crippen LogP contribution >= 0.6 is 0 Å². The normalized spacial score (nSPS) is 11.0. The summed E-state index contributed by atoms with van der Waals surface area (Å²) in [5, 5.41) is 11.6. The van der Waals surface area contributed by atoms with E-state index in [1.165, 1.54) is 18.7 Å². The Balaban J connectivity index is 2.63. The van der Waals surface area contributed by atoms with E-state index >= 15 is 0 Å². The number of nitrogens with one attached hydrogen (secondary N) is 1. The number of hydrogen-bond donors (Lipinski definition) is 1. The highest BCUT2D eigenvalue weighted by Gasteiger charge is 2.13. The lowest BCUT2D eigenvalue weighted by atomic mass is 10.0. The largest absolute Gasteiger partial charge is 0.451 e. The third kappa shape index (κ3) is 6.63. The van der Waals surface area contributed by atoms with Crippen LogP contribution in [0.5, 0.6) is 0 Å². The summed E-state index contributed by atoms with van der Waals surface area (Å²) in [4.78, 5) is 23.3. The molecule has 0 spiro atoms. The molecule has 128 valence electrons. The van der Waals surface area contributed by atoms with E-state index in [0.29, 0.717) is 19.1 Å². The van der Waals surface area contributed by atoms with Gasteiger partial charge in [-0.1, -0.05) is 38.1 Å². The third-order valence-corrected chi connectivity index (χ3v) is 3.22. The van der Waals surface area contributed by atoms with Crippen LogP contribution in [-0.2, 0) is 19.1 Å². The Labute approximate surface area is 142 Å². The SMILES string of the molecule is COCCNC(=O)COC(=O)/C(C#N)=C/c1ccc(C(C)C)cc1. The summed E-state index contributed by atoms with van der Waals surface area (Å²) in [6.07, 6.45) is 1.44. The predicted molar refractivity (Wildman–Crippen MR) is 90.0 cm³/mol. The van der Waals surface area contributed by atoms with Crippen LogP contribution in [0.1, 0.15) is 30.9 Å². The average Bonchev–Trinajstić information content (AvgIpc) is 2.58. The Hall–Kier alpha value is -2.65. The zero-order valence-electron chi connectivity index (χ0n) is 14.2. The Morgan fingerprint density at radius 1 is 1.29 bits per heavy atom. The molecule has 6 heteroatoms. The van der Waals surface area contributed by atoms with Crippen molar-refractivity contribution in [3.63, 3.8) is 0 Å². The van der Waals surface area contributed by atoms with Gasteiger partial charge in [0.05, 0.1) is 6.61 Å². The minimum Gasteiger partial charge on any atom is -0.451 e. The van der Waals surface area contributed by atoms with Gasteiger partial charge < -0.3 is 14.8 Å². The van der Waals surface area contributed by atoms with Gasteiger partial charge in [0.1, 0.15) is 11.6 Å². The van der Waals surface area contributed by atoms with Gasteiger partial charge in [0, 0.05) is 13.7 Å². The lowest BCUT2D eigenvalue weighted by Crippen LogP contribution is -2.31. The summed E-state index contributed by atoms with van der Waals surface area (Å²) in [5.41, 5.74) is 1.73. The number of amides is 1. The quantitative estimate of drug-likeness (QED) is 0.341. The summed E-state index contributed by atoms with van der Waals surface area (Å²) >= 11 is 0. The maximum atomic E-state index is 11.9. The zero-order valence-corrected chi connectivity index (χ0v) is 14.2. The van der Waals surface area contributed by atoms with E-state index in [1.54, 1.807) is 6.07 Å². The minimum absolute atomic E-state index is 0.156. The van der Waals surface area contributed by atoms with Gasteiger partial charge in [-0.3, -0.25) is 4.79 Å². The Morgan fingerprint density at radius 2 is 1.96 bits per heavy atom. The third-order valence-electron chi connectivity index (χ3n) is 3.22. The summed E-state index contributed by atoms with van der Waals surface area (Å²) < 4.78 is 9.63. The molecule has 0 aliphatic rings. The average molecular weight is 330 g/mol. The highest BCUT2D eigenvalue weighted by molar-refractivity contribution is 5.98. The summed E-state index contributed by atoms with van der Waals surface area (Å²) in [7, 11) is 1.52. The summed E-state index contributed by atoms with van der Waals surface area (Å²) in [6, 6.07) is 9.35. The van der Waals surface area contributed by atoms with Crippen molar-refractivity contribution in [3.05, 3.63) is 41.0 Å². The van der Waals surface area contributed by atoms with Crippen LogP contribution in [0.25, 0.3) is 6.08 Å². The molecule has 0 saturated carbocycles. The van der Waals surface area contributed by atoms with Gasteiger partial charge in [0.15, 0.2) is 6.61 Å². The van der Waals surface area contributed by atoms with Gasteiger partial charge in [-0.05, 0) is 23.1 Å². The molecule has 0 fully saturated rings. The molecule has 1 rings (SSSR count). The first-order valence-electron chi connectivity index (χ1n) is 7.62. The first kappa shape index (κ1) is 19.4. The monoisotopic (exact) mass is 330 g/mol. The van der Waals surface area contributed by atoms with E-state index in [9.17, 15) is 9.59 Å². The fourth-order valence-corrected chi connectivity index (χ4v) is 1.83. The first-order chi connectivity index (χ1) is 11.5. The standard InChI is InChI=1S/C18H22N2O4/c1-13(2)15-6-4-14(5-7-15)10-16(11-19)18(22)24-12-17(21)20-8-9-23-3/h4-7,10,13H,8-9,12H2,1-3H3,(H,20,21)/b16-10+. The number of ether oxygens (including phenoxy) is 2. The molecule has 1 amide bonds. The Kier molecular flexibility index (Phi) is 8.23. The Bertz CT molecular complexity index is 627. The van der Waals surface area contributed by atoms with E-state index < -0.39 is 18.5 Å². The maximum absolute atomic E-state index is 11.9. The molecule has 1 aromatic rings. The number of hydrogen-bond acceptors (Lipinski definition) is 5. The molecule has 6 nitrogen and oxygen atoms in total. The molecule has 0 heterocycles. The molecule has 24 heavy (non-hydrogen) atoms. The lowest BCUT2D eigenvalue weighted by Gasteiger charge is -2.06. The fraction of sp³-hybridized carbons (Fsp3) is 0.389. The zero-order chi connectivity index (χ0) is 17.9. The predicted octanol–water partition coefficient (Wildman–Crippen LogP) is 2.02. The van der Waals surface area contributed by atoms with Crippen LogP contribution in [0, 0.1) is 11.3 Å². The first-order valence-corrected chi connectivity index (χ1v) is 7.62. The molecule has 0 unspecified atom stereocenters. The van der Waals surface area contributed by atoms with Crippen molar-refractivity contribution in [2.75, 3.05) is 26.9 Å². The topological polar surface area (TPSA) is 88.4 Å². The second-order valence-corrected chi connectivity index (χ2v) is 5.41. The van der Waals surface area contributed by atoms with Gasteiger partial charge in [-0.2, -0.15) is 5.26 Å². The molecule has 0 aliphatic carbocycles. The van der Waals surface area contributed by atoms with Gasteiger partial charge in [0.2, 0.25) is 0 Å². The number of esters is 1. The number of methoxy groups -OCH3 is 1. The molecule has 0 aromatic heterocycles. The number of benzene rings is 1. The molecule has 0 saturated heterocycles. The molecular weight excluding hydrogens is 308 g/mol. The van der Waals surface area contributed by atoms with Crippen molar-refractivity contribution >= 4 is 18.0 Å². The van der Waals surface area contributed by atoms with E-state index in [2.05, 4.69) is 19.2 Å². The van der Waals surface area contributed by atoms with Crippen LogP contribution in [0.4, 0.5) is 0 Å². The van der Waals surface area contributed by atoms with Crippen molar-refractivity contribution in [1.29, 1.82) is 5.26 Å². The molecule has 0 atom stereocenters. The maximum Gasteiger partial charge on any atom is 0.349 e. The van der Waals surface area contributed by atoms with E-state index in [1.807, 2.05) is 24.3 Å². The van der Waals surface area contributed by atoms with Crippen LogP contribution in [0.3, 0.4) is 0 Å². The van der Waals surface area contributed by atoms with Crippen molar-refractivity contribution < 1.29 is 19.1 Å². The van der Waals surface area contributed by atoms with Crippen LogP contribution in [0.15, 0.2) is 29.8 Å². The molecule has 0 radical (unpaired) electrons. The molecule has 1 aromatic carbocycles. The summed E-state index contributed by atoms with van der Waals surface area (Å²) in [6.45, 7) is 4.43. The molecule has 0 aliphatic heterocycles. The smallest absolute Gasteiger partial charge is 0.349 e. The van der Waals surface area contributed by atoms with Crippen LogP contribution < -0.4 is 5.32 Å². The van der Waals surface area contributed by atoms with Crippen molar-refractivity contribution in [2.45, 2.75) is 19.8 Å². The highest BCUT2D eigenvalue weighted by Crippen LogP contribution is 2.16.